The minimum atomic E-state index is -0.508. The highest BCUT2D eigenvalue weighted by Crippen LogP contribution is 2.28. The molecule has 2 N–H and O–H groups in total. The lowest BCUT2D eigenvalue weighted by Gasteiger charge is -2.07. The molecule has 1 aromatic carbocycles. The molecule has 0 aliphatic carbocycles. The number of aromatic nitrogens is 1. The molecule has 0 radical (unpaired) electrons. The Morgan fingerprint density at radius 1 is 1.43 bits per heavy atom. The number of carbonyl (C=O) groups excluding carboxylic acids is 1. The summed E-state index contributed by atoms with van der Waals surface area (Å²) < 4.78 is 5.61. The summed E-state index contributed by atoms with van der Waals surface area (Å²) in [5, 5.41) is 3.99. The minimum absolute atomic E-state index is 0.233. The quantitative estimate of drug-likeness (QED) is 0.669. The Hall–Kier alpha value is -2.56. The Kier molecular flexibility index (Phi) is 3.48. The van der Waals surface area contributed by atoms with Gasteiger partial charge in [-0.05, 0) is 37.1 Å². The molecular formula is C16H17N3O2. The third-order valence-corrected chi connectivity index (χ3v) is 3.50. The molecule has 0 saturated carbocycles. The number of nitrogens with one attached hydrogen (secondary N) is 2. The summed E-state index contributed by atoms with van der Waals surface area (Å²) in [6.07, 6.45) is 1.69. The van der Waals surface area contributed by atoms with E-state index in [-0.39, 0.29) is 5.91 Å². The number of hydrazone groups is 1. The number of hydrogen-bond acceptors (Lipinski definition) is 3. The highest BCUT2D eigenvalue weighted by molar-refractivity contribution is 5.85. The number of amides is 1. The predicted octanol–water partition coefficient (Wildman–Crippen LogP) is 2.09. The van der Waals surface area contributed by atoms with Crippen molar-refractivity contribution in [1.82, 2.24) is 10.4 Å². The zero-order chi connectivity index (χ0) is 14.8. The summed E-state index contributed by atoms with van der Waals surface area (Å²) in [6, 6.07) is 9.71. The molecule has 1 aliphatic rings. The van der Waals surface area contributed by atoms with Crippen LogP contribution in [0, 0.1) is 13.8 Å². The molecule has 0 saturated heterocycles. The fraction of sp³-hybridized carbons (Fsp3) is 0.250. The van der Waals surface area contributed by atoms with E-state index in [1.54, 1.807) is 6.21 Å². The first-order valence-electron chi connectivity index (χ1n) is 6.87. The lowest BCUT2D eigenvalue weighted by Crippen LogP contribution is -2.34. The highest BCUT2D eigenvalue weighted by Gasteiger charge is 2.28. The second kappa shape index (κ2) is 5.44. The molecule has 1 unspecified atom stereocenters. The van der Waals surface area contributed by atoms with Crippen LogP contribution in [0.1, 0.15) is 22.5 Å². The Labute approximate surface area is 123 Å². The number of aryl methyl sites for hydroxylation is 2. The van der Waals surface area contributed by atoms with Crippen molar-refractivity contribution in [2.45, 2.75) is 26.4 Å². The van der Waals surface area contributed by atoms with E-state index in [0.717, 1.165) is 28.3 Å². The number of rotatable bonds is 3. The molecule has 1 aromatic heterocycles. The first-order valence-corrected chi connectivity index (χ1v) is 6.87. The average molecular weight is 283 g/mol. The van der Waals surface area contributed by atoms with Crippen molar-refractivity contribution in [1.29, 1.82) is 0 Å². The molecule has 5 heteroatoms. The Morgan fingerprint density at radius 3 is 2.95 bits per heavy atom. The molecule has 5 nitrogen and oxygen atoms in total. The van der Waals surface area contributed by atoms with Crippen molar-refractivity contribution in [2.75, 3.05) is 0 Å². The topological polar surface area (TPSA) is 66.5 Å². The van der Waals surface area contributed by atoms with Gasteiger partial charge in [-0.25, -0.2) is 5.43 Å². The minimum Gasteiger partial charge on any atom is -0.480 e. The number of ether oxygens (including phenoxy) is 1. The van der Waals surface area contributed by atoms with Crippen molar-refractivity contribution in [3.05, 3.63) is 52.8 Å². The van der Waals surface area contributed by atoms with Crippen LogP contribution >= 0.6 is 0 Å². The second-order valence-electron chi connectivity index (χ2n) is 5.20. The molecule has 1 aliphatic heterocycles. The summed E-state index contributed by atoms with van der Waals surface area (Å²) in [4.78, 5) is 15.2. The van der Waals surface area contributed by atoms with Gasteiger partial charge in [0.25, 0.3) is 5.91 Å². The van der Waals surface area contributed by atoms with Crippen LogP contribution in [0.25, 0.3) is 0 Å². The second-order valence-corrected chi connectivity index (χ2v) is 5.20. The third kappa shape index (κ3) is 2.81. The maximum Gasteiger partial charge on any atom is 0.281 e. The largest absolute Gasteiger partial charge is 0.480 e. The molecule has 0 fully saturated rings. The van der Waals surface area contributed by atoms with E-state index in [2.05, 4.69) is 15.5 Å². The van der Waals surface area contributed by atoms with E-state index >= 15 is 0 Å². The van der Waals surface area contributed by atoms with Gasteiger partial charge in [-0.2, -0.15) is 5.10 Å². The molecule has 2 heterocycles. The van der Waals surface area contributed by atoms with Gasteiger partial charge in [0, 0.05) is 12.1 Å². The van der Waals surface area contributed by atoms with Crippen LogP contribution in [0.2, 0.25) is 0 Å². The van der Waals surface area contributed by atoms with Crippen LogP contribution in [0.5, 0.6) is 5.75 Å². The molecule has 1 amide bonds. The SMILES string of the molecule is Cc1cc(C)c(/C=N/NC(=O)C2Cc3ccccc3O2)[nH]1. The predicted molar refractivity (Wildman–Crippen MR) is 80.6 cm³/mol. The van der Waals surface area contributed by atoms with Crippen LogP contribution in [0.3, 0.4) is 0 Å². The number of hydrogen-bond donors (Lipinski definition) is 2. The Balaban J connectivity index is 1.60. The van der Waals surface area contributed by atoms with Crippen LogP contribution in [-0.2, 0) is 11.2 Å². The van der Waals surface area contributed by atoms with E-state index < -0.39 is 6.10 Å². The van der Waals surface area contributed by atoms with Gasteiger partial charge in [-0.3, -0.25) is 4.79 Å². The average Bonchev–Trinajstić information content (AvgIpc) is 3.02. The van der Waals surface area contributed by atoms with Gasteiger partial charge in [0.05, 0.1) is 11.9 Å². The number of fused-ring (bicyclic) bond motifs is 1. The van der Waals surface area contributed by atoms with Gasteiger partial charge in [-0.15, -0.1) is 0 Å². The van der Waals surface area contributed by atoms with Crippen LogP contribution in [0.4, 0.5) is 0 Å². The zero-order valence-corrected chi connectivity index (χ0v) is 12.0. The van der Waals surface area contributed by atoms with Gasteiger partial charge >= 0.3 is 0 Å². The van der Waals surface area contributed by atoms with Gasteiger partial charge in [0.2, 0.25) is 0 Å². The summed E-state index contributed by atoms with van der Waals surface area (Å²) in [6.45, 7) is 3.97. The van der Waals surface area contributed by atoms with Gasteiger partial charge < -0.3 is 9.72 Å². The molecule has 0 bridgehead atoms. The molecule has 2 aromatic rings. The van der Waals surface area contributed by atoms with E-state index in [1.807, 2.05) is 44.2 Å². The van der Waals surface area contributed by atoms with Crippen molar-refractivity contribution >= 4 is 12.1 Å². The third-order valence-electron chi connectivity index (χ3n) is 3.50. The maximum absolute atomic E-state index is 12.0. The Bertz CT molecular complexity index is 678. The molecule has 0 spiro atoms. The number of para-hydroxylation sites is 1. The van der Waals surface area contributed by atoms with Gasteiger partial charge in [0.1, 0.15) is 5.75 Å². The van der Waals surface area contributed by atoms with E-state index in [4.69, 9.17) is 4.74 Å². The lowest BCUT2D eigenvalue weighted by molar-refractivity contribution is -0.127. The summed E-state index contributed by atoms with van der Waals surface area (Å²) >= 11 is 0. The van der Waals surface area contributed by atoms with Crippen LogP contribution in [-0.4, -0.2) is 23.2 Å². The summed E-state index contributed by atoms with van der Waals surface area (Å²) in [7, 11) is 0. The molecular weight excluding hydrogens is 266 g/mol. The number of aromatic amines is 1. The summed E-state index contributed by atoms with van der Waals surface area (Å²) in [5.41, 5.74) is 6.63. The van der Waals surface area contributed by atoms with Crippen molar-refractivity contribution in [3.8, 4) is 5.75 Å². The number of nitrogens with zero attached hydrogens (tertiary/aromatic N) is 1. The number of benzene rings is 1. The molecule has 21 heavy (non-hydrogen) atoms. The van der Waals surface area contributed by atoms with Crippen molar-refractivity contribution < 1.29 is 9.53 Å². The standard InChI is InChI=1S/C16H17N3O2/c1-10-7-11(2)18-13(10)9-17-19-16(20)15-8-12-5-3-4-6-14(12)21-15/h3-7,9,15,18H,8H2,1-2H3,(H,19,20)/b17-9+. The molecule has 3 rings (SSSR count). The van der Waals surface area contributed by atoms with E-state index in [1.165, 1.54) is 0 Å². The monoisotopic (exact) mass is 283 g/mol. The van der Waals surface area contributed by atoms with E-state index in [0.29, 0.717) is 6.42 Å². The highest BCUT2D eigenvalue weighted by atomic mass is 16.5. The first kappa shape index (κ1) is 13.4. The van der Waals surface area contributed by atoms with Crippen LogP contribution in [0.15, 0.2) is 35.4 Å². The Morgan fingerprint density at radius 2 is 2.24 bits per heavy atom. The van der Waals surface area contributed by atoms with Gasteiger partial charge in [0.15, 0.2) is 6.10 Å². The van der Waals surface area contributed by atoms with Crippen molar-refractivity contribution in [2.24, 2.45) is 5.10 Å². The first-order chi connectivity index (χ1) is 10.1. The lowest BCUT2D eigenvalue weighted by atomic mass is 10.1. The normalized spacial score (nSPS) is 16.8. The van der Waals surface area contributed by atoms with Crippen LogP contribution < -0.4 is 10.2 Å². The van der Waals surface area contributed by atoms with E-state index in [9.17, 15) is 4.79 Å². The fourth-order valence-corrected chi connectivity index (χ4v) is 2.44. The maximum atomic E-state index is 12.0. The fourth-order valence-electron chi connectivity index (χ4n) is 2.44. The number of carbonyl (C=O) groups is 1. The summed E-state index contributed by atoms with van der Waals surface area (Å²) in [5.74, 6) is 0.542. The number of H-pyrrole nitrogens is 1. The molecule has 1 atom stereocenters. The zero-order valence-electron chi connectivity index (χ0n) is 12.0. The van der Waals surface area contributed by atoms with Crippen molar-refractivity contribution in [3.63, 3.8) is 0 Å². The molecule has 108 valence electrons. The van der Waals surface area contributed by atoms with Gasteiger partial charge in [-0.1, -0.05) is 18.2 Å². The smallest absolute Gasteiger partial charge is 0.281 e.